The van der Waals surface area contributed by atoms with Crippen LogP contribution >= 0.6 is 11.9 Å². The summed E-state index contributed by atoms with van der Waals surface area (Å²) in [4.78, 5) is 16.7. The fourth-order valence-electron chi connectivity index (χ4n) is 2.88. The van der Waals surface area contributed by atoms with Crippen LogP contribution in [0.3, 0.4) is 0 Å². The zero-order chi connectivity index (χ0) is 19.5. The normalized spacial score (nSPS) is 13.1. The van der Waals surface area contributed by atoms with Crippen LogP contribution in [0.4, 0.5) is 11.5 Å². The Morgan fingerprint density at radius 3 is 2.86 bits per heavy atom. The number of anilines is 2. The smallest absolute Gasteiger partial charge is 0.221 e. The van der Waals surface area contributed by atoms with Crippen molar-refractivity contribution < 1.29 is 4.79 Å². The number of rotatable bonds is 6. The molecule has 2 aromatic heterocycles. The van der Waals surface area contributed by atoms with E-state index in [2.05, 4.69) is 37.0 Å². The van der Waals surface area contributed by atoms with Gasteiger partial charge in [0.25, 0.3) is 0 Å². The Morgan fingerprint density at radius 1 is 1.32 bits per heavy atom. The molecule has 0 saturated carbocycles. The molecule has 4 rings (SSSR count). The molecule has 9 heteroatoms. The molecule has 0 aliphatic carbocycles. The monoisotopic (exact) mass is 395 g/mol. The number of amides is 1. The van der Waals surface area contributed by atoms with E-state index in [1.165, 1.54) is 6.92 Å². The van der Waals surface area contributed by atoms with Crippen LogP contribution in [0.15, 0.2) is 53.8 Å². The number of aromatic amines is 1. The van der Waals surface area contributed by atoms with Crippen molar-refractivity contribution in [3.63, 3.8) is 0 Å². The molecular formula is C19H21N7OS. The molecular weight excluding hydrogens is 374 g/mol. The van der Waals surface area contributed by atoms with E-state index in [1.54, 1.807) is 18.1 Å². The van der Waals surface area contributed by atoms with Crippen LogP contribution in [0.1, 0.15) is 25.4 Å². The molecule has 0 spiro atoms. The summed E-state index contributed by atoms with van der Waals surface area (Å²) in [5, 5.41) is 13.5. The minimum atomic E-state index is -0.0773. The Morgan fingerprint density at radius 2 is 2.14 bits per heavy atom. The summed E-state index contributed by atoms with van der Waals surface area (Å²) >= 11 is 1.61. The van der Waals surface area contributed by atoms with Crippen LogP contribution in [0.2, 0.25) is 0 Å². The van der Waals surface area contributed by atoms with Crippen molar-refractivity contribution in [3.8, 4) is 0 Å². The summed E-state index contributed by atoms with van der Waals surface area (Å²) < 4.78 is 4.14. The number of benzene rings is 1. The Kier molecular flexibility index (Phi) is 5.07. The van der Waals surface area contributed by atoms with E-state index in [-0.39, 0.29) is 5.91 Å². The zero-order valence-electron chi connectivity index (χ0n) is 15.6. The highest BCUT2D eigenvalue weighted by atomic mass is 32.2. The van der Waals surface area contributed by atoms with Gasteiger partial charge in [-0.1, -0.05) is 6.92 Å². The number of fused-ring (bicyclic) bond motifs is 1. The molecule has 0 unspecified atom stereocenters. The Labute approximate surface area is 167 Å². The SMILES string of the molecule is CCc1cc(NC2=CN(Sc3ccc(NC(C)=O)cc3)Cc3nccn32)n[nH]1. The topological polar surface area (TPSA) is 90.9 Å². The summed E-state index contributed by atoms with van der Waals surface area (Å²) in [5.74, 6) is 2.52. The summed E-state index contributed by atoms with van der Waals surface area (Å²) in [6.45, 7) is 4.26. The number of carbonyl (C=O) groups is 1. The average Bonchev–Trinajstić information content (AvgIpc) is 3.32. The number of aryl methyl sites for hydroxylation is 1. The van der Waals surface area contributed by atoms with Crippen molar-refractivity contribution in [1.82, 2.24) is 24.1 Å². The third-order valence-corrected chi connectivity index (χ3v) is 5.16. The standard InChI is InChI=1S/C19H21N7OS/c1-3-14-10-17(24-23-14)22-19-12-25(11-18-20-8-9-26(18)19)28-16-6-4-15(5-7-16)21-13(2)27/h4-10,12H,3,11H2,1-2H3,(H,21,27)(H2,22,23,24). The highest BCUT2D eigenvalue weighted by molar-refractivity contribution is 7.97. The van der Waals surface area contributed by atoms with Gasteiger partial charge in [0.15, 0.2) is 5.82 Å². The molecule has 0 bridgehead atoms. The van der Waals surface area contributed by atoms with Gasteiger partial charge < -0.3 is 14.9 Å². The van der Waals surface area contributed by atoms with Gasteiger partial charge in [-0.15, -0.1) is 0 Å². The molecule has 0 atom stereocenters. The molecule has 3 heterocycles. The largest absolute Gasteiger partial charge is 0.326 e. The predicted molar refractivity (Wildman–Crippen MR) is 110 cm³/mol. The number of carbonyl (C=O) groups excluding carboxylic acids is 1. The summed E-state index contributed by atoms with van der Waals surface area (Å²) in [6.07, 6.45) is 6.68. The number of H-pyrrole nitrogens is 1. The van der Waals surface area contributed by atoms with E-state index in [1.807, 2.05) is 47.3 Å². The second kappa shape index (κ2) is 7.81. The first-order valence-corrected chi connectivity index (χ1v) is 9.76. The highest BCUT2D eigenvalue weighted by Crippen LogP contribution is 2.30. The molecule has 3 N–H and O–H groups in total. The first kappa shape index (κ1) is 18.2. The maximum Gasteiger partial charge on any atom is 0.221 e. The van der Waals surface area contributed by atoms with Gasteiger partial charge in [-0.2, -0.15) is 5.10 Å². The second-order valence-electron chi connectivity index (χ2n) is 6.36. The Balaban J connectivity index is 1.51. The molecule has 1 aliphatic heterocycles. The molecule has 1 aromatic carbocycles. The fourth-order valence-corrected chi connectivity index (χ4v) is 3.74. The molecule has 144 valence electrons. The highest BCUT2D eigenvalue weighted by Gasteiger charge is 2.19. The van der Waals surface area contributed by atoms with Gasteiger partial charge in [-0.25, -0.2) is 4.98 Å². The van der Waals surface area contributed by atoms with E-state index >= 15 is 0 Å². The van der Waals surface area contributed by atoms with Gasteiger partial charge in [0, 0.05) is 41.7 Å². The van der Waals surface area contributed by atoms with Gasteiger partial charge in [-0.05, 0) is 42.6 Å². The van der Waals surface area contributed by atoms with E-state index in [9.17, 15) is 4.79 Å². The summed E-state index contributed by atoms with van der Waals surface area (Å²) in [7, 11) is 0. The van der Waals surface area contributed by atoms with Gasteiger partial charge in [-0.3, -0.25) is 14.5 Å². The molecule has 0 radical (unpaired) electrons. The van der Waals surface area contributed by atoms with Crippen molar-refractivity contribution >= 4 is 35.2 Å². The summed E-state index contributed by atoms with van der Waals surface area (Å²) in [5.41, 5.74) is 1.87. The van der Waals surface area contributed by atoms with Gasteiger partial charge >= 0.3 is 0 Å². The molecule has 0 fully saturated rings. The first-order valence-electron chi connectivity index (χ1n) is 8.98. The lowest BCUT2D eigenvalue weighted by molar-refractivity contribution is -0.114. The van der Waals surface area contributed by atoms with Crippen molar-refractivity contribution in [2.75, 3.05) is 10.6 Å². The van der Waals surface area contributed by atoms with Crippen LogP contribution in [0.5, 0.6) is 0 Å². The van der Waals surface area contributed by atoms with Gasteiger partial charge in [0.05, 0.1) is 12.7 Å². The van der Waals surface area contributed by atoms with Crippen LogP contribution in [0, 0.1) is 0 Å². The molecule has 0 saturated heterocycles. The Bertz CT molecular complexity index is 1010. The minimum absolute atomic E-state index is 0.0773. The molecule has 8 nitrogen and oxygen atoms in total. The number of nitrogens with zero attached hydrogens (tertiary/aromatic N) is 4. The van der Waals surface area contributed by atoms with Crippen LogP contribution < -0.4 is 10.6 Å². The van der Waals surface area contributed by atoms with Crippen molar-refractivity contribution in [2.24, 2.45) is 0 Å². The van der Waals surface area contributed by atoms with Gasteiger partial charge in [0.2, 0.25) is 5.91 Å². The number of hydrogen-bond acceptors (Lipinski definition) is 6. The predicted octanol–water partition coefficient (Wildman–Crippen LogP) is 3.52. The van der Waals surface area contributed by atoms with E-state index in [0.29, 0.717) is 6.54 Å². The number of imidazole rings is 1. The lowest BCUT2D eigenvalue weighted by Crippen LogP contribution is -2.23. The molecule has 1 amide bonds. The first-order chi connectivity index (χ1) is 13.6. The van der Waals surface area contributed by atoms with Crippen molar-refractivity contribution in [2.45, 2.75) is 31.7 Å². The van der Waals surface area contributed by atoms with E-state index in [0.717, 1.165) is 40.2 Å². The van der Waals surface area contributed by atoms with Crippen LogP contribution in [0.25, 0.3) is 5.82 Å². The van der Waals surface area contributed by atoms with Crippen molar-refractivity contribution in [1.29, 1.82) is 0 Å². The van der Waals surface area contributed by atoms with Crippen LogP contribution in [-0.4, -0.2) is 30.0 Å². The third-order valence-electron chi connectivity index (χ3n) is 4.21. The number of hydrogen-bond donors (Lipinski definition) is 3. The van der Waals surface area contributed by atoms with E-state index in [4.69, 9.17) is 0 Å². The average molecular weight is 395 g/mol. The fraction of sp³-hybridized carbons (Fsp3) is 0.211. The van der Waals surface area contributed by atoms with Crippen molar-refractivity contribution in [3.05, 3.63) is 60.4 Å². The lowest BCUT2D eigenvalue weighted by Gasteiger charge is -2.26. The maximum atomic E-state index is 11.2. The minimum Gasteiger partial charge on any atom is -0.326 e. The Hall–Kier alpha value is -3.20. The van der Waals surface area contributed by atoms with Crippen LogP contribution in [-0.2, 0) is 17.8 Å². The third kappa shape index (κ3) is 4.04. The number of aromatic nitrogens is 4. The quantitative estimate of drug-likeness (QED) is 0.553. The van der Waals surface area contributed by atoms with Gasteiger partial charge in [0.1, 0.15) is 11.6 Å². The molecule has 3 aromatic rings. The lowest BCUT2D eigenvalue weighted by atomic mass is 10.3. The molecule has 1 aliphatic rings. The summed E-state index contributed by atoms with van der Waals surface area (Å²) in [6, 6.07) is 9.77. The molecule has 28 heavy (non-hydrogen) atoms. The maximum absolute atomic E-state index is 11.2. The second-order valence-corrected chi connectivity index (χ2v) is 7.48. The number of nitrogens with one attached hydrogen (secondary N) is 3. The van der Waals surface area contributed by atoms with E-state index < -0.39 is 0 Å². The zero-order valence-corrected chi connectivity index (χ0v) is 16.5.